The lowest BCUT2D eigenvalue weighted by Crippen LogP contribution is -2.07. The summed E-state index contributed by atoms with van der Waals surface area (Å²) in [6.45, 7) is 0. The molecule has 2 nitrogen and oxygen atoms in total. The van der Waals surface area contributed by atoms with Crippen LogP contribution in [0, 0.1) is 0 Å². The van der Waals surface area contributed by atoms with Crippen molar-refractivity contribution >= 4 is 36.2 Å². The number of hydrogen-bond donors (Lipinski definition) is 2. The maximum Gasteiger partial charge on any atom is 0.0450 e. The number of thiol groups is 1. The van der Waals surface area contributed by atoms with Crippen LogP contribution in [0.3, 0.4) is 0 Å². The molecule has 0 bridgehead atoms. The summed E-state index contributed by atoms with van der Waals surface area (Å²) in [6, 6.07) is 14.2. The van der Waals surface area contributed by atoms with Crippen LogP contribution in [0.5, 0.6) is 0 Å². The van der Waals surface area contributed by atoms with Crippen molar-refractivity contribution in [3.05, 3.63) is 53.6 Å². The van der Waals surface area contributed by atoms with E-state index >= 15 is 0 Å². The van der Waals surface area contributed by atoms with E-state index in [1.165, 1.54) is 11.3 Å². The van der Waals surface area contributed by atoms with Crippen LogP contribution in [0.2, 0.25) is 0 Å². The maximum absolute atomic E-state index is 5.74. The molecule has 0 saturated heterocycles. The molecule has 0 radical (unpaired) electrons. The molecule has 3 heteroatoms. The standard InChI is InChI=1S/C16H18N2S/c1-18(2)14-8-5-12(6-9-14)3-4-13-7-10-15(17)16(19)11-13/h3-11,19H,17H2,1-2H3. The van der Waals surface area contributed by atoms with E-state index in [-0.39, 0.29) is 0 Å². The Hall–Kier alpha value is -1.87. The van der Waals surface area contributed by atoms with E-state index in [1.54, 1.807) is 0 Å². The predicted molar refractivity (Wildman–Crippen MR) is 87.8 cm³/mol. The highest BCUT2D eigenvalue weighted by Gasteiger charge is 1.96. The summed E-state index contributed by atoms with van der Waals surface area (Å²) in [7, 11) is 4.07. The normalized spacial score (nSPS) is 10.9. The second kappa shape index (κ2) is 5.85. The summed E-state index contributed by atoms with van der Waals surface area (Å²) in [5, 5.41) is 0. The third kappa shape index (κ3) is 3.55. The summed E-state index contributed by atoms with van der Waals surface area (Å²) in [5.41, 5.74) is 9.90. The Morgan fingerprint density at radius 3 is 2.11 bits per heavy atom. The van der Waals surface area contributed by atoms with Crippen molar-refractivity contribution in [3.8, 4) is 0 Å². The van der Waals surface area contributed by atoms with Crippen molar-refractivity contribution in [3.63, 3.8) is 0 Å². The lowest BCUT2D eigenvalue weighted by molar-refractivity contribution is 1.13. The van der Waals surface area contributed by atoms with E-state index in [0.717, 1.165) is 10.5 Å². The van der Waals surface area contributed by atoms with Crippen LogP contribution < -0.4 is 10.6 Å². The van der Waals surface area contributed by atoms with E-state index in [4.69, 9.17) is 5.73 Å². The molecule has 0 spiro atoms. The maximum atomic E-state index is 5.74. The van der Waals surface area contributed by atoms with Gasteiger partial charge in [0.05, 0.1) is 0 Å². The van der Waals surface area contributed by atoms with E-state index in [0.29, 0.717) is 5.69 Å². The van der Waals surface area contributed by atoms with Gasteiger partial charge in [-0.3, -0.25) is 0 Å². The number of rotatable bonds is 3. The molecule has 0 aliphatic carbocycles. The van der Waals surface area contributed by atoms with Gasteiger partial charge in [0.2, 0.25) is 0 Å². The zero-order valence-corrected chi connectivity index (χ0v) is 12.1. The second-order valence-corrected chi connectivity index (χ2v) is 5.12. The van der Waals surface area contributed by atoms with Gasteiger partial charge in [-0.1, -0.05) is 30.4 Å². The number of benzene rings is 2. The Labute approximate surface area is 120 Å². The zero-order chi connectivity index (χ0) is 13.8. The topological polar surface area (TPSA) is 29.3 Å². The van der Waals surface area contributed by atoms with Gasteiger partial charge >= 0.3 is 0 Å². The van der Waals surface area contributed by atoms with Gasteiger partial charge in [-0.2, -0.15) is 0 Å². The first-order chi connectivity index (χ1) is 9.06. The molecule has 0 aliphatic rings. The molecule has 0 amide bonds. The molecule has 2 N–H and O–H groups in total. The van der Waals surface area contributed by atoms with E-state index < -0.39 is 0 Å². The quantitative estimate of drug-likeness (QED) is 0.505. The Balaban J connectivity index is 2.15. The Bertz CT molecular complexity index is 586. The average molecular weight is 270 g/mol. The monoisotopic (exact) mass is 270 g/mol. The van der Waals surface area contributed by atoms with Crippen molar-refractivity contribution in [2.75, 3.05) is 24.7 Å². The highest BCUT2D eigenvalue weighted by atomic mass is 32.1. The van der Waals surface area contributed by atoms with Crippen molar-refractivity contribution in [1.82, 2.24) is 0 Å². The van der Waals surface area contributed by atoms with Crippen LogP contribution >= 0.6 is 12.6 Å². The lowest BCUT2D eigenvalue weighted by Gasteiger charge is -2.11. The highest BCUT2D eigenvalue weighted by molar-refractivity contribution is 7.80. The molecular weight excluding hydrogens is 252 g/mol. The largest absolute Gasteiger partial charge is 0.398 e. The van der Waals surface area contributed by atoms with E-state index in [2.05, 4.69) is 53.9 Å². The van der Waals surface area contributed by atoms with E-state index in [9.17, 15) is 0 Å². The van der Waals surface area contributed by atoms with Crippen molar-refractivity contribution < 1.29 is 0 Å². The number of hydrogen-bond acceptors (Lipinski definition) is 3. The molecule has 98 valence electrons. The van der Waals surface area contributed by atoms with Gasteiger partial charge in [-0.15, -0.1) is 12.6 Å². The first kappa shape index (κ1) is 13.6. The van der Waals surface area contributed by atoms with Gasteiger partial charge in [-0.25, -0.2) is 0 Å². The van der Waals surface area contributed by atoms with Gasteiger partial charge in [0.1, 0.15) is 0 Å². The lowest BCUT2D eigenvalue weighted by atomic mass is 10.1. The summed E-state index contributed by atoms with van der Waals surface area (Å²) >= 11 is 4.32. The van der Waals surface area contributed by atoms with Crippen LogP contribution in [0.4, 0.5) is 11.4 Å². The van der Waals surface area contributed by atoms with Crippen LogP contribution in [0.25, 0.3) is 12.2 Å². The summed E-state index contributed by atoms with van der Waals surface area (Å²) in [4.78, 5) is 2.89. The zero-order valence-electron chi connectivity index (χ0n) is 11.2. The Morgan fingerprint density at radius 1 is 0.947 bits per heavy atom. The molecule has 0 saturated carbocycles. The third-order valence-electron chi connectivity index (χ3n) is 2.93. The molecule has 0 heterocycles. The predicted octanol–water partition coefficient (Wildman–Crippen LogP) is 3.79. The molecule has 0 aromatic heterocycles. The Kier molecular flexibility index (Phi) is 4.17. The van der Waals surface area contributed by atoms with Gasteiger partial charge in [0, 0.05) is 30.4 Å². The fourth-order valence-corrected chi connectivity index (χ4v) is 1.96. The molecule has 19 heavy (non-hydrogen) atoms. The second-order valence-electron chi connectivity index (χ2n) is 4.64. The van der Waals surface area contributed by atoms with Crippen molar-refractivity contribution in [1.29, 1.82) is 0 Å². The third-order valence-corrected chi connectivity index (χ3v) is 3.32. The average Bonchev–Trinajstić information content (AvgIpc) is 2.40. The molecule has 0 unspecified atom stereocenters. The molecule has 2 rings (SSSR count). The molecular formula is C16H18N2S. The van der Waals surface area contributed by atoms with Crippen LogP contribution in [0.1, 0.15) is 11.1 Å². The van der Waals surface area contributed by atoms with E-state index in [1.807, 2.05) is 32.3 Å². The number of nitrogens with zero attached hydrogens (tertiary/aromatic N) is 1. The van der Waals surface area contributed by atoms with Crippen LogP contribution in [-0.4, -0.2) is 14.1 Å². The molecule has 0 aliphatic heterocycles. The van der Waals surface area contributed by atoms with Crippen LogP contribution in [-0.2, 0) is 0 Å². The number of anilines is 2. The first-order valence-electron chi connectivity index (χ1n) is 6.10. The SMILES string of the molecule is CN(C)c1ccc(C=Cc2ccc(N)c(S)c2)cc1. The molecule has 2 aromatic carbocycles. The van der Waals surface area contributed by atoms with Crippen molar-refractivity contribution in [2.24, 2.45) is 0 Å². The van der Waals surface area contributed by atoms with Gasteiger partial charge in [0.15, 0.2) is 0 Å². The Morgan fingerprint density at radius 2 is 1.53 bits per heavy atom. The van der Waals surface area contributed by atoms with Gasteiger partial charge < -0.3 is 10.6 Å². The smallest absolute Gasteiger partial charge is 0.0450 e. The van der Waals surface area contributed by atoms with Gasteiger partial charge in [0.25, 0.3) is 0 Å². The highest BCUT2D eigenvalue weighted by Crippen LogP contribution is 2.20. The van der Waals surface area contributed by atoms with Crippen LogP contribution in [0.15, 0.2) is 47.4 Å². The molecule has 0 fully saturated rings. The minimum atomic E-state index is 0.704. The summed E-state index contributed by atoms with van der Waals surface area (Å²) in [5.74, 6) is 0. The summed E-state index contributed by atoms with van der Waals surface area (Å²) < 4.78 is 0. The van der Waals surface area contributed by atoms with Gasteiger partial charge in [-0.05, 0) is 35.4 Å². The summed E-state index contributed by atoms with van der Waals surface area (Å²) in [6.07, 6.45) is 4.14. The molecule has 2 aromatic rings. The van der Waals surface area contributed by atoms with Crippen molar-refractivity contribution in [2.45, 2.75) is 4.90 Å². The minimum Gasteiger partial charge on any atom is -0.398 e. The minimum absolute atomic E-state index is 0.704. The fourth-order valence-electron chi connectivity index (χ4n) is 1.74. The molecule has 0 atom stereocenters. The number of nitrogens with two attached hydrogens (primary N) is 1. The first-order valence-corrected chi connectivity index (χ1v) is 6.55. The number of nitrogen functional groups attached to an aromatic ring is 1. The fraction of sp³-hybridized carbons (Fsp3) is 0.125.